The van der Waals surface area contributed by atoms with Gasteiger partial charge in [-0.2, -0.15) is 0 Å². The van der Waals surface area contributed by atoms with Crippen molar-refractivity contribution >= 4 is 12.0 Å². The molecule has 2 rings (SSSR count). The summed E-state index contributed by atoms with van der Waals surface area (Å²) in [5.74, 6) is -0.286. The molecule has 0 fully saturated rings. The van der Waals surface area contributed by atoms with E-state index in [0.717, 1.165) is 11.1 Å². The quantitative estimate of drug-likeness (QED) is 0.769. The summed E-state index contributed by atoms with van der Waals surface area (Å²) in [6.07, 6.45) is 3.51. The number of carbonyl (C=O) groups excluding carboxylic acids is 1. The normalized spacial score (nSPS) is 12.3. The molecule has 0 aliphatic rings. The van der Waals surface area contributed by atoms with Crippen molar-refractivity contribution in [2.75, 3.05) is 0 Å². The molecule has 0 aliphatic carbocycles. The predicted octanol–water partition coefficient (Wildman–Crippen LogP) is 4.00. The molecule has 2 nitrogen and oxygen atoms in total. The number of hydrogen-bond acceptors (Lipinski definition) is 2. The lowest BCUT2D eigenvalue weighted by molar-refractivity contribution is -0.144. The number of hydrogen-bond donors (Lipinski definition) is 0. The highest BCUT2D eigenvalue weighted by atomic mass is 16.5. The zero-order chi connectivity index (χ0) is 13.5. The van der Waals surface area contributed by atoms with Crippen LogP contribution in [-0.4, -0.2) is 5.97 Å². The lowest BCUT2D eigenvalue weighted by Crippen LogP contribution is -2.05. The average molecular weight is 252 g/mol. The predicted molar refractivity (Wildman–Crippen MR) is 76.4 cm³/mol. The number of esters is 1. The van der Waals surface area contributed by atoms with Crippen LogP contribution in [-0.2, 0) is 9.53 Å². The van der Waals surface area contributed by atoms with Crippen molar-refractivity contribution in [3.63, 3.8) is 0 Å². The van der Waals surface area contributed by atoms with Crippen LogP contribution in [0.4, 0.5) is 0 Å². The third kappa shape index (κ3) is 4.11. The molecule has 2 aromatic rings. The van der Waals surface area contributed by atoms with E-state index in [-0.39, 0.29) is 12.1 Å². The molecule has 0 aromatic heterocycles. The Morgan fingerprint density at radius 1 is 1.00 bits per heavy atom. The highest BCUT2D eigenvalue weighted by Gasteiger charge is 2.10. The van der Waals surface area contributed by atoms with E-state index >= 15 is 0 Å². The maximum absolute atomic E-state index is 11.2. The molecule has 0 spiro atoms. The lowest BCUT2D eigenvalue weighted by atomic mass is 10.1. The molecule has 0 heterocycles. The van der Waals surface area contributed by atoms with Gasteiger partial charge in [-0.3, -0.25) is 4.79 Å². The van der Waals surface area contributed by atoms with E-state index in [9.17, 15) is 4.79 Å². The first-order valence-electron chi connectivity index (χ1n) is 6.21. The van der Waals surface area contributed by atoms with E-state index in [4.69, 9.17) is 4.74 Å². The maximum Gasteiger partial charge on any atom is 0.303 e. The molecule has 1 unspecified atom stereocenters. The van der Waals surface area contributed by atoms with Gasteiger partial charge in [-0.1, -0.05) is 66.7 Å². The van der Waals surface area contributed by atoms with Crippen LogP contribution in [0.15, 0.2) is 66.7 Å². The van der Waals surface area contributed by atoms with Crippen molar-refractivity contribution in [1.82, 2.24) is 0 Å². The third-order valence-electron chi connectivity index (χ3n) is 2.68. The van der Waals surface area contributed by atoms with Gasteiger partial charge < -0.3 is 4.74 Å². The summed E-state index contributed by atoms with van der Waals surface area (Å²) in [6, 6.07) is 19.6. The van der Waals surface area contributed by atoms with Gasteiger partial charge in [0.2, 0.25) is 0 Å². The van der Waals surface area contributed by atoms with Crippen LogP contribution in [0.2, 0.25) is 0 Å². The van der Waals surface area contributed by atoms with E-state index in [1.165, 1.54) is 6.92 Å². The summed E-state index contributed by atoms with van der Waals surface area (Å²) < 4.78 is 5.33. The Morgan fingerprint density at radius 3 is 2.16 bits per heavy atom. The van der Waals surface area contributed by atoms with E-state index in [1.807, 2.05) is 72.8 Å². The number of rotatable bonds is 4. The van der Waals surface area contributed by atoms with Crippen molar-refractivity contribution in [3.8, 4) is 0 Å². The average Bonchev–Trinajstić information content (AvgIpc) is 2.45. The van der Waals surface area contributed by atoms with E-state index in [0.29, 0.717) is 0 Å². The number of ether oxygens (including phenoxy) is 1. The number of benzene rings is 2. The summed E-state index contributed by atoms with van der Waals surface area (Å²) in [7, 11) is 0. The Balaban J connectivity index is 2.19. The van der Waals surface area contributed by atoms with Crippen LogP contribution in [0.25, 0.3) is 6.08 Å². The van der Waals surface area contributed by atoms with Crippen molar-refractivity contribution in [3.05, 3.63) is 77.9 Å². The van der Waals surface area contributed by atoms with Gasteiger partial charge in [0.05, 0.1) is 0 Å². The molecule has 0 saturated heterocycles. The Hall–Kier alpha value is -2.35. The van der Waals surface area contributed by atoms with E-state index in [2.05, 4.69) is 0 Å². The Bertz CT molecular complexity index is 544. The molecule has 1 atom stereocenters. The summed E-state index contributed by atoms with van der Waals surface area (Å²) in [5.41, 5.74) is 2.04. The molecule has 96 valence electrons. The van der Waals surface area contributed by atoms with Gasteiger partial charge in [-0.25, -0.2) is 0 Å². The van der Waals surface area contributed by atoms with Gasteiger partial charge in [0.15, 0.2) is 0 Å². The second kappa shape index (κ2) is 6.55. The maximum atomic E-state index is 11.2. The van der Waals surface area contributed by atoms with Crippen LogP contribution < -0.4 is 0 Å². The molecule has 0 N–H and O–H groups in total. The molecular weight excluding hydrogens is 236 g/mol. The molecule has 2 aromatic carbocycles. The van der Waals surface area contributed by atoms with Gasteiger partial charge in [-0.05, 0) is 17.2 Å². The molecule has 0 aliphatic heterocycles. The molecule has 0 bridgehead atoms. The minimum atomic E-state index is -0.348. The monoisotopic (exact) mass is 252 g/mol. The SMILES string of the molecule is CC(=O)OC(/C=C/c1ccccc1)c1ccccc1. The van der Waals surface area contributed by atoms with Gasteiger partial charge in [0.1, 0.15) is 6.10 Å². The minimum absolute atomic E-state index is 0.286. The fourth-order valence-corrected chi connectivity index (χ4v) is 1.80. The highest BCUT2D eigenvalue weighted by molar-refractivity contribution is 5.67. The van der Waals surface area contributed by atoms with Crippen LogP contribution >= 0.6 is 0 Å². The molecular formula is C17H16O2. The molecule has 0 radical (unpaired) electrons. The topological polar surface area (TPSA) is 26.3 Å². The van der Waals surface area contributed by atoms with Crippen LogP contribution in [0, 0.1) is 0 Å². The molecule has 19 heavy (non-hydrogen) atoms. The molecule has 0 saturated carbocycles. The zero-order valence-electron chi connectivity index (χ0n) is 10.8. The van der Waals surface area contributed by atoms with Crippen molar-refractivity contribution < 1.29 is 9.53 Å². The van der Waals surface area contributed by atoms with Gasteiger partial charge >= 0.3 is 5.97 Å². The second-order valence-corrected chi connectivity index (χ2v) is 4.21. The number of carbonyl (C=O) groups is 1. The Labute approximate surface area is 113 Å². The Morgan fingerprint density at radius 2 is 1.58 bits per heavy atom. The first kappa shape index (κ1) is 13.1. The van der Waals surface area contributed by atoms with E-state index < -0.39 is 0 Å². The van der Waals surface area contributed by atoms with Crippen LogP contribution in [0.3, 0.4) is 0 Å². The fraction of sp³-hybridized carbons (Fsp3) is 0.118. The molecule has 0 amide bonds. The Kier molecular flexibility index (Phi) is 4.51. The third-order valence-corrected chi connectivity index (χ3v) is 2.68. The van der Waals surface area contributed by atoms with Crippen molar-refractivity contribution in [2.24, 2.45) is 0 Å². The first-order valence-corrected chi connectivity index (χ1v) is 6.21. The first-order chi connectivity index (χ1) is 9.25. The lowest BCUT2D eigenvalue weighted by Gasteiger charge is -2.13. The largest absolute Gasteiger partial charge is 0.453 e. The summed E-state index contributed by atoms with van der Waals surface area (Å²) >= 11 is 0. The fourth-order valence-electron chi connectivity index (χ4n) is 1.80. The van der Waals surface area contributed by atoms with Crippen molar-refractivity contribution in [1.29, 1.82) is 0 Å². The van der Waals surface area contributed by atoms with Gasteiger partial charge in [0.25, 0.3) is 0 Å². The molecule has 2 heteroatoms. The van der Waals surface area contributed by atoms with Gasteiger partial charge in [0, 0.05) is 6.92 Å². The minimum Gasteiger partial charge on any atom is -0.453 e. The van der Waals surface area contributed by atoms with Crippen molar-refractivity contribution in [2.45, 2.75) is 13.0 Å². The standard InChI is InChI=1S/C17H16O2/c1-14(18)19-17(16-10-6-3-7-11-16)13-12-15-8-4-2-5-9-15/h2-13,17H,1H3/b13-12+. The summed E-state index contributed by atoms with van der Waals surface area (Å²) in [6.45, 7) is 1.42. The summed E-state index contributed by atoms with van der Waals surface area (Å²) in [5, 5.41) is 0. The summed E-state index contributed by atoms with van der Waals surface area (Å²) in [4.78, 5) is 11.2. The second-order valence-electron chi connectivity index (χ2n) is 4.21. The van der Waals surface area contributed by atoms with Crippen LogP contribution in [0.1, 0.15) is 24.2 Å². The van der Waals surface area contributed by atoms with Gasteiger partial charge in [-0.15, -0.1) is 0 Å². The van der Waals surface area contributed by atoms with E-state index in [1.54, 1.807) is 0 Å². The van der Waals surface area contributed by atoms with Crippen LogP contribution in [0.5, 0.6) is 0 Å². The highest BCUT2D eigenvalue weighted by Crippen LogP contribution is 2.20. The zero-order valence-corrected chi connectivity index (χ0v) is 10.8. The smallest absolute Gasteiger partial charge is 0.303 e.